The number of carbonyl (C=O) groups is 1. The number of methoxy groups -OCH3 is 2. The lowest BCUT2D eigenvalue weighted by atomic mass is 10.1. The first-order chi connectivity index (χ1) is 7.10. The Morgan fingerprint density at radius 1 is 1.40 bits per heavy atom. The quantitative estimate of drug-likeness (QED) is 0.805. The summed E-state index contributed by atoms with van der Waals surface area (Å²) < 4.78 is 9.99. The lowest BCUT2D eigenvalue weighted by Gasteiger charge is -2.11. The van der Waals surface area contributed by atoms with Gasteiger partial charge in [0.05, 0.1) is 14.2 Å². The second-order valence-electron chi connectivity index (χ2n) is 2.81. The summed E-state index contributed by atoms with van der Waals surface area (Å²) in [5.74, 6) is -0.154. The van der Waals surface area contributed by atoms with E-state index in [2.05, 4.69) is 0 Å². The number of ether oxygens (including phenoxy) is 2. The molecular weight excluding hydrogens is 220 g/mol. The maximum atomic E-state index is 10.7. The van der Waals surface area contributed by atoms with Gasteiger partial charge in [-0.3, -0.25) is 4.79 Å². The summed E-state index contributed by atoms with van der Waals surface area (Å²) in [6, 6.07) is 4.84. The molecule has 1 N–H and O–H groups in total. The molecule has 4 nitrogen and oxygen atoms in total. The molecule has 0 fully saturated rings. The van der Waals surface area contributed by atoms with Gasteiger partial charge in [0, 0.05) is 5.56 Å². The number of alkyl halides is 1. The molecule has 5 heteroatoms. The van der Waals surface area contributed by atoms with Gasteiger partial charge in [-0.25, -0.2) is 0 Å². The molecule has 0 radical (unpaired) electrons. The Balaban J connectivity index is 3.16. The van der Waals surface area contributed by atoms with Crippen molar-refractivity contribution >= 4 is 17.6 Å². The second-order valence-corrected chi connectivity index (χ2v) is 3.25. The van der Waals surface area contributed by atoms with E-state index in [-0.39, 0.29) is 0 Å². The first-order valence-corrected chi connectivity index (χ1v) is 4.62. The van der Waals surface area contributed by atoms with Crippen molar-refractivity contribution < 1.29 is 19.4 Å². The van der Waals surface area contributed by atoms with Crippen molar-refractivity contribution in [2.45, 2.75) is 5.38 Å². The maximum Gasteiger partial charge on any atom is 0.326 e. The fourth-order valence-electron chi connectivity index (χ4n) is 1.17. The third kappa shape index (κ3) is 2.53. The molecule has 0 aliphatic heterocycles. The summed E-state index contributed by atoms with van der Waals surface area (Å²) in [7, 11) is 2.95. The molecule has 0 heterocycles. The molecule has 0 bridgehead atoms. The van der Waals surface area contributed by atoms with Crippen LogP contribution in [0.1, 0.15) is 10.9 Å². The molecule has 0 aromatic heterocycles. The molecule has 1 aromatic carbocycles. The van der Waals surface area contributed by atoms with Gasteiger partial charge in [-0.1, -0.05) is 0 Å². The Labute approximate surface area is 92.4 Å². The van der Waals surface area contributed by atoms with Crippen molar-refractivity contribution in [3.8, 4) is 11.5 Å². The Bertz CT molecular complexity index is 364. The largest absolute Gasteiger partial charge is 0.497 e. The van der Waals surface area contributed by atoms with E-state index in [1.165, 1.54) is 14.2 Å². The van der Waals surface area contributed by atoms with Crippen molar-refractivity contribution in [2.24, 2.45) is 0 Å². The maximum absolute atomic E-state index is 10.7. The van der Waals surface area contributed by atoms with Crippen LogP contribution in [0, 0.1) is 0 Å². The fraction of sp³-hybridized carbons (Fsp3) is 0.300. The second kappa shape index (κ2) is 4.89. The zero-order valence-corrected chi connectivity index (χ0v) is 9.12. The number of rotatable bonds is 4. The van der Waals surface area contributed by atoms with E-state index in [4.69, 9.17) is 26.2 Å². The summed E-state index contributed by atoms with van der Waals surface area (Å²) in [5.41, 5.74) is 0.381. The standard InChI is InChI=1S/C10H11ClO4/c1-14-6-3-4-8(15-2)7(5-6)9(11)10(12)13/h3-5,9H,1-2H3,(H,12,13). The van der Waals surface area contributed by atoms with Gasteiger partial charge in [-0.15, -0.1) is 11.6 Å². The normalized spacial score (nSPS) is 11.9. The zero-order valence-electron chi connectivity index (χ0n) is 8.36. The molecule has 0 aliphatic carbocycles. The highest BCUT2D eigenvalue weighted by Gasteiger charge is 2.21. The van der Waals surface area contributed by atoms with Gasteiger partial charge in [0.25, 0.3) is 0 Å². The van der Waals surface area contributed by atoms with Gasteiger partial charge in [0.2, 0.25) is 0 Å². The first-order valence-electron chi connectivity index (χ1n) is 4.19. The van der Waals surface area contributed by atoms with Crippen LogP contribution in [0.2, 0.25) is 0 Å². The van der Waals surface area contributed by atoms with Crippen molar-refractivity contribution in [3.63, 3.8) is 0 Å². The van der Waals surface area contributed by atoms with E-state index < -0.39 is 11.3 Å². The van der Waals surface area contributed by atoms with Crippen molar-refractivity contribution in [1.29, 1.82) is 0 Å². The van der Waals surface area contributed by atoms with Crippen molar-refractivity contribution in [1.82, 2.24) is 0 Å². The minimum atomic E-state index is -1.14. The Morgan fingerprint density at radius 3 is 2.53 bits per heavy atom. The van der Waals surface area contributed by atoms with Crippen LogP contribution in [0.3, 0.4) is 0 Å². The predicted octanol–water partition coefficient (Wildman–Crippen LogP) is 2.07. The highest BCUT2D eigenvalue weighted by molar-refractivity contribution is 6.29. The van der Waals surface area contributed by atoms with Crippen LogP contribution in [0.4, 0.5) is 0 Å². The molecule has 0 amide bonds. The van der Waals surface area contributed by atoms with Crippen LogP contribution in [0.15, 0.2) is 18.2 Å². The van der Waals surface area contributed by atoms with Crippen LogP contribution in [0.25, 0.3) is 0 Å². The molecule has 1 rings (SSSR count). The van der Waals surface area contributed by atoms with E-state index in [0.29, 0.717) is 17.1 Å². The number of benzene rings is 1. The first kappa shape index (κ1) is 11.7. The Kier molecular flexibility index (Phi) is 3.80. The van der Waals surface area contributed by atoms with Crippen LogP contribution in [0.5, 0.6) is 11.5 Å². The van der Waals surface area contributed by atoms with Crippen molar-refractivity contribution in [3.05, 3.63) is 23.8 Å². The van der Waals surface area contributed by atoms with Crippen LogP contribution in [-0.2, 0) is 4.79 Å². The van der Waals surface area contributed by atoms with Gasteiger partial charge >= 0.3 is 5.97 Å². The fourth-order valence-corrected chi connectivity index (χ4v) is 1.34. The molecule has 82 valence electrons. The average molecular weight is 231 g/mol. The van der Waals surface area contributed by atoms with Crippen LogP contribution >= 0.6 is 11.6 Å². The number of carboxylic acid groups (broad SMARTS) is 1. The lowest BCUT2D eigenvalue weighted by molar-refractivity contribution is -0.136. The Morgan fingerprint density at radius 2 is 2.07 bits per heavy atom. The Hall–Kier alpha value is -1.42. The minimum absolute atomic E-state index is 0.381. The predicted molar refractivity (Wildman–Crippen MR) is 55.8 cm³/mol. The monoisotopic (exact) mass is 230 g/mol. The number of hydrogen-bond donors (Lipinski definition) is 1. The molecule has 1 aromatic rings. The van der Waals surface area contributed by atoms with E-state index in [9.17, 15) is 4.79 Å². The molecular formula is C10H11ClO4. The van der Waals surface area contributed by atoms with Crippen molar-refractivity contribution in [2.75, 3.05) is 14.2 Å². The highest BCUT2D eigenvalue weighted by Crippen LogP contribution is 2.32. The van der Waals surface area contributed by atoms with Gasteiger partial charge in [-0.2, -0.15) is 0 Å². The minimum Gasteiger partial charge on any atom is -0.497 e. The molecule has 15 heavy (non-hydrogen) atoms. The lowest BCUT2D eigenvalue weighted by Crippen LogP contribution is -2.06. The molecule has 0 saturated heterocycles. The van der Waals surface area contributed by atoms with E-state index >= 15 is 0 Å². The van der Waals surface area contributed by atoms with Gasteiger partial charge in [-0.05, 0) is 18.2 Å². The summed E-state index contributed by atoms with van der Waals surface area (Å²) in [6.07, 6.45) is 0. The molecule has 0 aliphatic rings. The SMILES string of the molecule is COc1ccc(OC)c(C(Cl)C(=O)O)c1. The number of halogens is 1. The summed E-state index contributed by atoms with van der Waals surface area (Å²) in [6.45, 7) is 0. The number of aliphatic carboxylic acids is 1. The van der Waals surface area contributed by atoms with E-state index in [1.54, 1.807) is 18.2 Å². The third-order valence-corrected chi connectivity index (χ3v) is 2.35. The summed E-state index contributed by atoms with van der Waals surface area (Å²) in [4.78, 5) is 10.7. The van der Waals surface area contributed by atoms with Gasteiger partial charge < -0.3 is 14.6 Å². The molecule has 0 saturated carbocycles. The van der Waals surface area contributed by atoms with Gasteiger partial charge in [0.1, 0.15) is 11.5 Å². The van der Waals surface area contributed by atoms with E-state index in [1.807, 2.05) is 0 Å². The van der Waals surface area contributed by atoms with Gasteiger partial charge in [0.15, 0.2) is 5.38 Å². The summed E-state index contributed by atoms with van der Waals surface area (Å²) >= 11 is 5.72. The number of carboxylic acids is 1. The highest BCUT2D eigenvalue weighted by atomic mass is 35.5. The zero-order chi connectivity index (χ0) is 11.4. The topological polar surface area (TPSA) is 55.8 Å². The summed E-state index contributed by atoms with van der Waals surface area (Å²) in [5, 5.41) is 7.65. The third-order valence-electron chi connectivity index (χ3n) is 1.93. The number of hydrogen-bond acceptors (Lipinski definition) is 3. The smallest absolute Gasteiger partial charge is 0.326 e. The van der Waals surface area contributed by atoms with E-state index in [0.717, 1.165) is 0 Å². The molecule has 1 unspecified atom stereocenters. The molecule has 0 spiro atoms. The van der Waals surface area contributed by atoms with Crippen LogP contribution in [-0.4, -0.2) is 25.3 Å². The van der Waals surface area contributed by atoms with Crippen LogP contribution < -0.4 is 9.47 Å². The average Bonchev–Trinajstić information content (AvgIpc) is 2.27. The molecule has 1 atom stereocenters.